The summed E-state index contributed by atoms with van der Waals surface area (Å²) in [6.45, 7) is 5.93. The Bertz CT molecular complexity index is 1090. The fraction of sp³-hybridized carbons (Fsp3) is 0.391. The van der Waals surface area contributed by atoms with Crippen LogP contribution in [0.1, 0.15) is 43.7 Å². The topological polar surface area (TPSA) is 99.1 Å². The quantitative estimate of drug-likeness (QED) is 0.393. The zero-order valence-corrected chi connectivity index (χ0v) is 17.4. The second-order valence-corrected chi connectivity index (χ2v) is 7.09. The average Bonchev–Trinajstić information content (AvgIpc) is 3.15. The minimum Gasteiger partial charge on any atom is -0.507 e. The molecule has 3 rings (SSSR count). The maximum atomic E-state index is 11.9. The van der Waals surface area contributed by atoms with Gasteiger partial charge in [0.1, 0.15) is 17.1 Å². The second kappa shape index (κ2) is 9.52. The summed E-state index contributed by atoms with van der Waals surface area (Å²) in [6, 6.07) is 7.20. The molecule has 30 heavy (non-hydrogen) atoms. The molecule has 7 nitrogen and oxygen atoms in total. The van der Waals surface area contributed by atoms with E-state index < -0.39 is 5.63 Å². The fourth-order valence-electron chi connectivity index (χ4n) is 3.16. The third-order valence-corrected chi connectivity index (χ3v) is 4.86. The van der Waals surface area contributed by atoms with Gasteiger partial charge in [0, 0.05) is 17.4 Å². The van der Waals surface area contributed by atoms with Crippen LogP contribution >= 0.6 is 0 Å². The molecule has 0 saturated heterocycles. The van der Waals surface area contributed by atoms with E-state index in [4.69, 9.17) is 18.3 Å². The van der Waals surface area contributed by atoms with Crippen molar-refractivity contribution in [1.29, 1.82) is 0 Å². The predicted molar refractivity (Wildman–Crippen MR) is 112 cm³/mol. The molecule has 0 unspecified atom stereocenters. The van der Waals surface area contributed by atoms with Gasteiger partial charge in [-0.15, -0.1) is 0 Å². The van der Waals surface area contributed by atoms with Gasteiger partial charge in [-0.1, -0.05) is 0 Å². The van der Waals surface area contributed by atoms with Gasteiger partial charge in [-0.2, -0.15) is 0 Å². The number of esters is 1. The molecule has 2 heterocycles. The highest BCUT2D eigenvalue weighted by molar-refractivity contribution is 5.84. The lowest BCUT2D eigenvalue weighted by molar-refractivity contribution is -0.143. The van der Waals surface area contributed by atoms with Gasteiger partial charge in [-0.3, -0.25) is 4.79 Å². The molecular weight excluding hydrogens is 388 g/mol. The number of hydrogen-bond acceptors (Lipinski definition) is 7. The van der Waals surface area contributed by atoms with E-state index >= 15 is 0 Å². The summed E-state index contributed by atoms with van der Waals surface area (Å²) in [5.74, 6) is 1.03. The summed E-state index contributed by atoms with van der Waals surface area (Å²) < 4.78 is 21.8. The number of fused-ring (bicyclic) bond motifs is 1. The maximum absolute atomic E-state index is 11.9. The van der Waals surface area contributed by atoms with E-state index in [1.165, 1.54) is 6.92 Å². The molecule has 1 aromatic carbocycles. The predicted octanol–water partition coefficient (Wildman–Crippen LogP) is 4.88. The van der Waals surface area contributed by atoms with Crippen molar-refractivity contribution in [2.24, 2.45) is 0 Å². The molecule has 3 aromatic rings. The smallest absolute Gasteiger partial charge is 0.343 e. The Kier molecular flexibility index (Phi) is 6.82. The van der Waals surface area contributed by atoms with Crippen LogP contribution in [0.25, 0.3) is 22.5 Å². The minimum absolute atomic E-state index is 0.0892. The number of ether oxygens (including phenoxy) is 2. The van der Waals surface area contributed by atoms with Crippen LogP contribution in [0, 0.1) is 13.8 Å². The molecule has 7 heteroatoms. The van der Waals surface area contributed by atoms with Crippen LogP contribution in [0.2, 0.25) is 0 Å². The summed E-state index contributed by atoms with van der Waals surface area (Å²) in [5.41, 5.74) is 0.644. The lowest BCUT2D eigenvalue weighted by Gasteiger charge is -2.06. The molecule has 1 N–H and O–H groups in total. The van der Waals surface area contributed by atoms with E-state index in [1.807, 2.05) is 12.1 Å². The van der Waals surface area contributed by atoms with Crippen LogP contribution in [0.15, 0.2) is 37.9 Å². The molecule has 0 saturated carbocycles. The third-order valence-electron chi connectivity index (χ3n) is 4.86. The highest BCUT2D eigenvalue weighted by Crippen LogP contribution is 2.34. The lowest BCUT2D eigenvalue weighted by Crippen LogP contribution is -2.05. The summed E-state index contributed by atoms with van der Waals surface area (Å²) in [7, 11) is 0. The number of carbonyl (C=O) groups is 1. The van der Waals surface area contributed by atoms with Gasteiger partial charge in [0.2, 0.25) is 0 Å². The monoisotopic (exact) mass is 414 g/mol. The normalized spacial score (nSPS) is 11.0. The molecular formula is C23H26O7. The zero-order chi connectivity index (χ0) is 21.7. The molecule has 160 valence electrons. The lowest BCUT2D eigenvalue weighted by atomic mass is 10.1. The van der Waals surface area contributed by atoms with Crippen LogP contribution in [0.3, 0.4) is 0 Å². The van der Waals surface area contributed by atoms with E-state index in [2.05, 4.69) is 0 Å². The van der Waals surface area contributed by atoms with Gasteiger partial charge in [0.15, 0.2) is 11.5 Å². The molecule has 0 fully saturated rings. The molecule has 0 radical (unpaired) electrons. The summed E-state index contributed by atoms with van der Waals surface area (Å²) in [6.07, 6.45) is 2.93. The van der Waals surface area contributed by atoms with Crippen LogP contribution in [0.5, 0.6) is 11.5 Å². The fourth-order valence-corrected chi connectivity index (χ4v) is 3.16. The van der Waals surface area contributed by atoms with Crippen molar-refractivity contribution in [3.05, 3.63) is 45.8 Å². The minimum atomic E-state index is -0.597. The van der Waals surface area contributed by atoms with Crippen LogP contribution in [-0.2, 0) is 9.53 Å². The Morgan fingerprint density at radius 3 is 2.63 bits per heavy atom. The molecule has 0 bridgehead atoms. The largest absolute Gasteiger partial charge is 0.507 e. The van der Waals surface area contributed by atoms with Crippen LogP contribution in [-0.4, -0.2) is 24.3 Å². The number of benzene rings is 1. The van der Waals surface area contributed by atoms with E-state index in [0.29, 0.717) is 42.3 Å². The van der Waals surface area contributed by atoms with Gasteiger partial charge < -0.3 is 23.4 Å². The number of unbranched alkanes of at least 4 members (excludes halogenated alkanes) is 2. The van der Waals surface area contributed by atoms with Gasteiger partial charge in [-0.25, -0.2) is 4.79 Å². The Balaban J connectivity index is 1.63. The van der Waals surface area contributed by atoms with Gasteiger partial charge in [-0.05, 0) is 64.3 Å². The van der Waals surface area contributed by atoms with Crippen molar-refractivity contribution in [3.8, 4) is 23.0 Å². The first-order valence-corrected chi connectivity index (χ1v) is 10.1. The Hall–Kier alpha value is -3.22. The summed E-state index contributed by atoms with van der Waals surface area (Å²) in [4.78, 5) is 23.2. The standard InChI is InChI=1S/C23H26O7/c1-4-27-20(24)8-6-5-7-11-28-17-9-10-18-16(12-17)13-19(29-18)22-14(2)21(25)15(3)23(26)30-22/h9-10,12-13,25H,4-8,11H2,1-3H3. The number of rotatable bonds is 9. The van der Waals surface area contributed by atoms with Crippen molar-refractivity contribution in [1.82, 2.24) is 0 Å². The third kappa shape index (κ3) is 4.84. The molecule has 0 atom stereocenters. The van der Waals surface area contributed by atoms with Gasteiger partial charge in [0.25, 0.3) is 0 Å². The average molecular weight is 414 g/mol. The second-order valence-electron chi connectivity index (χ2n) is 7.09. The molecule has 0 amide bonds. The number of aromatic hydroxyl groups is 1. The van der Waals surface area contributed by atoms with E-state index in [9.17, 15) is 14.7 Å². The SMILES string of the molecule is CCOC(=O)CCCCCOc1ccc2oc(-c3oc(=O)c(C)c(O)c3C)cc2c1. The number of furan rings is 1. The van der Waals surface area contributed by atoms with Crippen molar-refractivity contribution in [2.45, 2.75) is 46.5 Å². The van der Waals surface area contributed by atoms with Gasteiger partial charge in [0.05, 0.1) is 18.8 Å². The Morgan fingerprint density at radius 2 is 1.87 bits per heavy atom. The Labute approximate surface area is 174 Å². The molecule has 0 spiro atoms. The van der Waals surface area contributed by atoms with E-state index in [0.717, 1.165) is 24.6 Å². The highest BCUT2D eigenvalue weighted by atomic mass is 16.5. The maximum Gasteiger partial charge on any atom is 0.343 e. The van der Waals surface area contributed by atoms with Gasteiger partial charge >= 0.3 is 11.6 Å². The molecule has 0 aliphatic rings. The van der Waals surface area contributed by atoms with E-state index in [-0.39, 0.29) is 23.0 Å². The van der Waals surface area contributed by atoms with Crippen molar-refractivity contribution in [2.75, 3.05) is 13.2 Å². The van der Waals surface area contributed by atoms with Crippen molar-refractivity contribution < 1.29 is 28.2 Å². The van der Waals surface area contributed by atoms with Crippen LogP contribution < -0.4 is 10.4 Å². The Morgan fingerprint density at radius 1 is 1.07 bits per heavy atom. The van der Waals surface area contributed by atoms with Crippen molar-refractivity contribution in [3.63, 3.8) is 0 Å². The first-order valence-electron chi connectivity index (χ1n) is 10.1. The highest BCUT2D eigenvalue weighted by Gasteiger charge is 2.18. The summed E-state index contributed by atoms with van der Waals surface area (Å²) in [5, 5.41) is 10.9. The number of hydrogen-bond donors (Lipinski definition) is 1. The zero-order valence-electron chi connectivity index (χ0n) is 17.4. The first-order chi connectivity index (χ1) is 14.4. The number of carbonyl (C=O) groups excluding carboxylic acids is 1. The molecule has 2 aromatic heterocycles. The van der Waals surface area contributed by atoms with E-state index in [1.54, 1.807) is 26.0 Å². The van der Waals surface area contributed by atoms with Crippen LogP contribution in [0.4, 0.5) is 0 Å². The molecule has 0 aliphatic carbocycles. The first kappa shape index (κ1) is 21.5. The molecule has 0 aliphatic heterocycles. The van der Waals surface area contributed by atoms with Crippen molar-refractivity contribution >= 4 is 16.9 Å². The summed E-state index contributed by atoms with van der Waals surface area (Å²) >= 11 is 0.